The Morgan fingerprint density at radius 3 is 2.42 bits per heavy atom. The Morgan fingerprint density at radius 2 is 1.75 bits per heavy atom. The van der Waals surface area contributed by atoms with Gasteiger partial charge < -0.3 is 9.64 Å². The van der Waals surface area contributed by atoms with Crippen molar-refractivity contribution in [2.75, 3.05) is 18.0 Å². The fourth-order valence-corrected chi connectivity index (χ4v) is 3.69. The van der Waals surface area contributed by atoms with Gasteiger partial charge in [0.1, 0.15) is 11.8 Å². The summed E-state index contributed by atoms with van der Waals surface area (Å²) < 4.78 is 5.67. The third-order valence-electron chi connectivity index (χ3n) is 5.08. The van der Waals surface area contributed by atoms with Gasteiger partial charge in [0.2, 0.25) is 0 Å². The van der Waals surface area contributed by atoms with Gasteiger partial charge >= 0.3 is 5.97 Å². The Labute approximate surface area is 141 Å². The van der Waals surface area contributed by atoms with Gasteiger partial charge in [-0.2, -0.15) is 0 Å². The van der Waals surface area contributed by atoms with Crippen molar-refractivity contribution in [2.24, 2.45) is 5.92 Å². The van der Waals surface area contributed by atoms with Crippen LogP contribution in [-0.2, 0) is 9.53 Å². The van der Waals surface area contributed by atoms with E-state index in [2.05, 4.69) is 0 Å². The molecule has 1 heterocycles. The highest BCUT2D eigenvalue weighted by Crippen LogP contribution is 2.32. The summed E-state index contributed by atoms with van der Waals surface area (Å²) in [5.74, 6) is -0.157. The van der Waals surface area contributed by atoms with Gasteiger partial charge in [-0.1, -0.05) is 18.6 Å². The maximum Gasteiger partial charge on any atom is 0.309 e. The second-order valence-electron chi connectivity index (χ2n) is 6.70. The molecule has 0 spiro atoms. The second kappa shape index (κ2) is 7.64. The molecule has 0 aromatic heterocycles. The fourth-order valence-electron chi connectivity index (χ4n) is 3.69. The minimum Gasteiger partial charge on any atom is -0.462 e. The number of hydrogen-bond acceptors (Lipinski definition) is 5. The number of ether oxygens (including phenoxy) is 1. The van der Waals surface area contributed by atoms with Crippen molar-refractivity contribution in [2.45, 2.75) is 51.0 Å². The van der Waals surface area contributed by atoms with E-state index in [1.807, 2.05) is 11.0 Å². The van der Waals surface area contributed by atoms with Crippen LogP contribution in [0, 0.1) is 16.0 Å². The third kappa shape index (κ3) is 3.86. The van der Waals surface area contributed by atoms with Crippen molar-refractivity contribution in [3.05, 3.63) is 34.4 Å². The van der Waals surface area contributed by atoms with Crippen LogP contribution in [-0.4, -0.2) is 30.1 Å². The topological polar surface area (TPSA) is 72.7 Å². The molecule has 1 aromatic carbocycles. The highest BCUT2D eigenvalue weighted by Gasteiger charge is 2.30. The van der Waals surface area contributed by atoms with Gasteiger partial charge in [0.15, 0.2) is 0 Å². The van der Waals surface area contributed by atoms with Gasteiger partial charge in [0.25, 0.3) is 5.69 Å². The van der Waals surface area contributed by atoms with Crippen LogP contribution in [0.1, 0.15) is 44.9 Å². The molecule has 6 nitrogen and oxygen atoms in total. The first-order valence-corrected chi connectivity index (χ1v) is 8.84. The van der Waals surface area contributed by atoms with E-state index in [0.717, 1.165) is 25.7 Å². The average Bonchev–Trinajstić information content (AvgIpc) is 2.62. The zero-order valence-electron chi connectivity index (χ0n) is 13.9. The largest absolute Gasteiger partial charge is 0.462 e. The molecule has 2 aliphatic rings. The van der Waals surface area contributed by atoms with Crippen molar-refractivity contribution in [3.63, 3.8) is 0 Å². The molecule has 1 saturated heterocycles. The maximum atomic E-state index is 12.3. The number of nitrogens with zero attached hydrogens (tertiary/aromatic N) is 2. The number of esters is 1. The van der Waals surface area contributed by atoms with Crippen molar-refractivity contribution in [1.82, 2.24) is 0 Å². The molecule has 6 heteroatoms. The predicted octanol–water partition coefficient (Wildman–Crippen LogP) is 3.69. The molecule has 130 valence electrons. The first-order chi connectivity index (χ1) is 11.6. The quantitative estimate of drug-likeness (QED) is 0.478. The van der Waals surface area contributed by atoms with Crippen LogP contribution in [0.4, 0.5) is 11.4 Å². The Kier molecular flexibility index (Phi) is 5.33. The van der Waals surface area contributed by atoms with Crippen LogP contribution in [0.3, 0.4) is 0 Å². The summed E-state index contributed by atoms with van der Waals surface area (Å²) in [6.07, 6.45) is 6.99. The molecule has 1 aromatic rings. The van der Waals surface area contributed by atoms with Gasteiger partial charge in [0.05, 0.1) is 10.8 Å². The van der Waals surface area contributed by atoms with Gasteiger partial charge in [-0.25, -0.2) is 0 Å². The first kappa shape index (κ1) is 16.7. The summed E-state index contributed by atoms with van der Waals surface area (Å²) in [5.41, 5.74) is 0.766. The Hall–Kier alpha value is -2.11. The highest BCUT2D eigenvalue weighted by molar-refractivity contribution is 5.73. The van der Waals surface area contributed by atoms with E-state index >= 15 is 0 Å². The minimum absolute atomic E-state index is 0.0778. The number of para-hydroxylation sites is 2. The number of rotatable bonds is 4. The Bertz CT molecular complexity index is 590. The lowest BCUT2D eigenvalue weighted by Crippen LogP contribution is -2.38. The van der Waals surface area contributed by atoms with E-state index in [1.165, 1.54) is 12.5 Å². The van der Waals surface area contributed by atoms with Crippen LogP contribution < -0.4 is 4.90 Å². The monoisotopic (exact) mass is 332 g/mol. The molecule has 0 unspecified atom stereocenters. The Morgan fingerprint density at radius 1 is 1.08 bits per heavy atom. The summed E-state index contributed by atoms with van der Waals surface area (Å²) in [7, 11) is 0. The summed E-state index contributed by atoms with van der Waals surface area (Å²) in [6.45, 7) is 1.30. The van der Waals surface area contributed by atoms with Crippen LogP contribution in [0.15, 0.2) is 24.3 Å². The van der Waals surface area contributed by atoms with Crippen molar-refractivity contribution < 1.29 is 14.5 Å². The minimum atomic E-state index is -0.348. The predicted molar refractivity (Wildman–Crippen MR) is 91.0 cm³/mol. The molecule has 3 rings (SSSR count). The molecular formula is C18H24N2O4. The lowest BCUT2D eigenvalue weighted by molar-refractivity contribution is -0.384. The molecule has 0 amide bonds. The maximum absolute atomic E-state index is 12.3. The van der Waals surface area contributed by atoms with Crippen LogP contribution in [0.25, 0.3) is 0 Å². The number of carbonyl (C=O) groups is 1. The number of anilines is 1. The molecule has 1 saturated carbocycles. The average molecular weight is 332 g/mol. The smallest absolute Gasteiger partial charge is 0.309 e. The molecule has 0 radical (unpaired) electrons. The lowest BCUT2D eigenvalue weighted by atomic mass is 9.95. The SMILES string of the molecule is O=C(OC1CCCCC1)C1CCN(c2ccccc2[N+](=O)[O-])CC1. The van der Waals surface area contributed by atoms with E-state index < -0.39 is 0 Å². The van der Waals surface area contributed by atoms with Crippen molar-refractivity contribution in [1.29, 1.82) is 0 Å². The summed E-state index contributed by atoms with van der Waals surface area (Å²) in [5, 5.41) is 11.2. The molecule has 1 aliphatic carbocycles. The normalized spacial score (nSPS) is 19.9. The standard InChI is InChI=1S/C18H24N2O4/c21-18(24-15-6-2-1-3-7-15)14-10-12-19(13-11-14)16-8-4-5-9-17(16)20(22)23/h4-5,8-9,14-15H,1-3,6-7,10-13H2. The lowest BCUT2D eigenvalue weighted by Gasteiger charge is -2.33. The van der Waals surface area contributed by atoms with E-state index in [4.69, 9.17) is 4.74 Å². The zero-order chi connectivity index (χ0) is 16.9. The van der Waals surface area contributed by atoms with Gasteiger partial charge in [-0.15, -0.1) is 0 Å². The van der Waals surface area contributed by atoms with Crippen LogP contribution >= 0.6 is 0 Å². The molecule has 2 fully saturated rings. The number of benzene rings is 1. The number of piperidine rings is 1. The van der Waals surface area contributed by atoms with Gasteiger partial charge in [0, 0.05) is 19.2 Å². The summed E-state index contributed by atoms with van der Waals surface area (Å²) >= 11 is 0. The summed E-state index contributed by atoms with van der Waals surface area (Å²) in [4.78, 5) is 25.2. The number of nitro groups is 1. The van der Waals surface area contributed by atoms with E-state index in [0.29, 0.717) is 31.6 Å². The first-order valence-electron chi connectivity index (χ1n) is 8.84. The summed E-state index contributed by atoms with van der Waals surface area (Å²) in [6, 6.07) is 6.79. The highest BCUT2D eigenvalue weighted by atomic mass is 16.6. The van der Waals surface area contributed by atoms with Crippen molar-refractivity contribution in [3.8, 4) is 0 Å². The molecular weight excluding hydrogens is 308 g/mol. The van der Waals surface area contributed by atoms with Crippen LogP contribution in [0.2, 0.25) is 0 Å². The third-order valence-corrected chi connectivity index (χ3v) is 5.08. The molecule has 0 bridgehead atoms. The number of hydrogen-bond donors (Lipinski definition) is 0. The molecule has 24 heavy (non-hydrogen) atoms. The van der Waals surface area contributed by atoms with E-state index in [1.54, 1.807) is 12.1 Å². The zero-order valence-corrected chi connectivity index (χ0v) is 13.9. The number of carbonyl (C=O) groups excluding carboxylic acids is 1. The van der Waals surface area contributed by atoms with Crippen LogP contribution in [0.5, 0.6) is 0 Å². The van der Waals surface area contributed by atoms with Gasteiger partial charge in [-0.3, -0.25) is 14.9 Å². The van der Waals surface area contributed by atoms with E-state index in [-0.39, 0.29) is 28.6 Å². The molecule has 1 aliphatic heterocycles. The van der Waals surface area contributed by atoms with E-state index in [9.17, 15) is 14.9 Å². The second-order valence-corrected chi connectivity index (χ2v) is 6.70. The van der Waals surface area contributed by atoms with Crippen molar-refractivity contribution >= 4 is 17.3 Å². The number of nitro benzene ring substituents is 1. The fraction of sp³-hybridized carbons (Fsp3) is 0.611. The molecule has 0 N–H and O–H groups in total. The molecule has 0 atom stereocenters. The van der Waals surface area contributed by atoms with Gasteiger partial charge in [-0.05, 0) is 44.6 Å². The Balaban J connectivity index is 1.56.